The molecule has 3 aliphatic rings. The third kappa shape index (κ3) is 5.56. The summed E-state index contributed by atoms with van der Waals surface area (Å²) in [6, 6.07) is 4.56. The second kappa shape index (κ2) is 10.2. The number of hydrogen-bond donors (Lipinski definition) is 1. The number of nitrogens with zero attached hydrogens (tertiary/aromatic N) is 5. The SMILES string of the molecule is c1cnc2c(OC3CCC(Nc4ncc(OCC5CC5)cn4)CC3)cc(N3CCOCC3)cc2n1. The van der Waals surface area contributed by atoms with Crippen LogP contribution in [0.25, 0.3) is 11.0 Å². The molecule has 35 heavy (non-hydrogen) atoms. The Morgan fingerprint density at radius 3 is 2.46 bits per heavy atom. The second-order valence-corrected chi connectivity index (χ2v) is 9.70. The maximum absolute atomic E-state index is 6.53. The molecule has 1 aliphatic heterocycles. The first-order valence-electron chi connectivity index (χ1n) is 12.8. The summed E-state index contributed by atoms with van der Waals surface area (Å²) in [4.78, 5) is 20.3. The van der Waals surface area contributed by atoms with Gasteiger partial charge in [-0.2, -0.15) is 0 Å². The zero-order valence-electron chi connectivity index (χ0n) is 19.9. The molecule has 2 aliphatic carbocycles. The fraction of sp³-hybridized carbons (Fsp3) is 0.538. The number of hydrogen-bond acceptors (Lipinski definition) is 9. The molecule has 0 amide bonds. The minimum Gasteiger partial charge on any atom is -0.490 e. The van der Waals surface area contributed by atoms with Crippen molar-refractivity contribution < 1.29 is 14.2 Å². The van der Waals surface area contributed by atoms with Crippen LogP contribution in [0.3, 0.4) is 0 Å². The highest BCUT2D eigenvalue weighted by atomic mass is 16.5. The fourth-order valence-corrected chi connectivity index (χ4v) is 4.77. The van der Waals surface area contributed by atoms with E-state index in [0.29, 0.717) is 12.0 Å². The Kier molecular flexibility index (Phi) is 6.49. The number of benzene rings is 1. The smallest absolute Gasteiger partial charge is 0.223 e. The summed E-state index contributed by atoms with van der Waals surface area (Å²) in [5.74, 6) is 2.94. The van der Waals surface area contributed by atoms with Crippen LogP contribution in [0.15, 0.2) is 36.9 Å². The summed E-state index contributed by atoms with van der Waals surface area (Å²) >= 11 is 0. The number of ether oxygens (including phenoxy) is 3. The van der Waals surface area contributed by atoms with Gasteiger partial charge in [-0.05, 0) is 50.5 Å². The molecule has 0 unspecified atom stereocenters. The van der Waals surface area contributed by atoms with Crippen LogP contribution in [0.2, 0.25) is 0 Å². The van der Waals surface area contributed by atoms with Gasteiger partial charge < -0.3 is 24.4 Å². The third-order valence-electron chi connectivity index (χ3n) is 7.01. The third-order valence-corrected chi connectivity index (χ3v) is 7.01. The number of anilines is 2. The monoisotopic (exact) mass is 476 g/mol. The van der Waals surface area contributed by atoms with E-state index in [1.54, 1.807) is 24.8 Å². The summed E-state index contributed by atoms with van der Waals surface area (Å²) in [7, 11) is 0. The molecule has 3 heterocycles. The standard InChI is InChI=1S/C26H32N6O3/c1-2-18(1)17-34-22-15-29-26(30-16-22)31-19-3-5-21(6-4-19)35-24-14-20(32-9-11-33-12-10-32)13-23-25(24)28-8-7-27-23/h7-8,13-16,18-19,21H,1-6,9-12,17H2,(H,29,30,31). The van der Waals surface area contributed by atoms with E-state index >= 15 is 0 Å². The molecule has 0 bridgehead atoms. The first-order valence-corrected chi connectivity index (χ1v) is 12.8. The highest BCUT2D eigenvalue weighted by Gasteiger charge is 2.25. The average Bonchev–Trinajstić information content (AvgIpc) is 3.75. The highest BCUT2D eigenvalue weighted by molar-refractivity contribution is 5.85. The lowest BCUT2D eigenvalue weighted by Gasteiger charge is -2.31. The lowest BCUT2D eigenvalue weighted by molar-refractivity contribution is 0.122. The van der Waals surface area contributed by atoms with Crippen LogP contribution in [0, 0.1) is 5.92 Å². The normalized spacial score (nSPS) is 22.7. The minimum atomic E-state index is 0.150. The summed E-state index contributed by atoms with van der Waals surface area (Å²) in [5.41, 5.74) is 2.80. The summed E-state index contributed by atoms with van der Waals surface area (Å²) in [5, 5.41) is 3.48. The molecule has 3 aromatic rings. The molecule has 9 nitrogen and oxygen atoms in total. The number of aromatic nitrogens is 4. The largest absolute Gasteiger partial charge is 0.490 e. The fourth-order valence-electron chi connectivity index (χ4n) is 4.77. The van der Waals surface area contributed by atoms with Crippen LogP contribution in [0.1, 0.15) is 38.5 Å². The molecule has 184 valence electrons. The molecule has 2 saturated carbocycles. The zero-order chi connectivity index (χ0) is 23.5. The molecule has 6 rings (SSSR count). The molecule has 1 aromatic carbocycles. The van der Waals surface area contributed by atoms with Crippen LogP contribution in [0.5, 0.6) is 11.5 Å². The summed E-state index contributed by atoms with van der Waals surface area (Å²) < 4.78 is 17.8. The van der Waals surface area contributed by atoms with E-state index in [2.05, 4.69) is 42.3 Å². The zero-order valence-corrected chi connectivity index (χ0v) is 19.9. The van der Waals surface area contributed by atoms with Gasteiger partial charge in [0, 0.05) is 43.3 Å². The first kappa shape index (κ1) is 22.3. The van der Waals surface area contributed by atoms with Crippen LogP contribution in [-0.2, 0) is 4.74 Å². The second-order valence-electron chi connectivity index (χ2n) is 9.70. The molecule has 0 atom stereocenters. The molecular weight excluding hydrogens is 444 g/mol. The minimum absolute atomic E-state index is 0.150. The Hall–Kier alpha value is -3.20. The number of rotatable bonds is 8. The topological polar surface area (TPSA) is 94.5 Å². The lowest BCUT2D eigenvalue weighted by atomic mass is 9.93. The Morgan fingerprint density at radius 1 is 0.914 bits per heavy atom. The molecule has 0 radical (unpaired) electrons. The van der Waals surface area contributed by atoms with E-state index in [0.717, 1.165) is 92.7 Å². The van der Waals surface area contributed by atoms with Gasteiger partial charge in [0.25, 0.3) is 0 Å². The van der Waals surface area contributed by atoms with Gasteiger partial charge in [0.05, 0.1) is 43.8 Å². The van der Waals surface area contributed by atoms with Gasteiger partial charge in [-0.15, -0.1) is 0 Å². The van der Waals surface area contributed by atoms with E-state index in [-0.39, 0.29) is 6.10 Å². The molecule has 1 saturated heterocycles. The van der Waals surface area contributed by atoms with Crippen molar-refractivity contribution in [3.05, 3.63) is 36.9 Å². The van der Waals surface area contributed by atoms with E-state index in [1.165, 1.54) is 12.8 Å². The Morgan fingerprint density at radius 2 is 1.69 bits per heavy atom. The van der Waals surface area contributed by atoms with Gasteiger partial charge >= 0.3 is 0 Å². The van der Waals surface area contributed by atoms with Gasteiger partial charge in [-0.3, -0.25) is 4.98 Å². The van der Waals surface area contributed by atoms with E-state index < -0.39 is 0 Å². The van der Waals surface area contributed by atoms with Gasteiger partial charge in [0.15, 0.2) is 5.75 Å². The van der Waals surface area contributed by atoms with Gasteiger partial charge in [0.2, 0.25) is 5.95 Å². The molecular formula is C26H32N6O3. The summed E-state index contributed by atoms with van der Waals surface area (Å²) in [6.45, 7) is 4.00. The van der Waals surface area contributed by atoms with Crippen molar-refractivity contribution in [2.45, 2.75) is 50.7 Å². The van der Waals surface area contributed by atoms with E-state index in [1.807, 2.05) is 0 Å². The maximum atomic E-state index is 6.53. The van der Waals surface area contributed by atoms with Crippen LogP contribution >= 0.6 is 0 Å². The lowest BCUT2D eigenvalue weighted by Crippen LogP contribution is -2.36. The van der Waals surface area contributed by atoms with E-state index in [4.69, 9.17) is 14.2 Å². The first-order chi connectivity index (χ1) is 17.3. The quantitative estimate of drug-likeness (QED) is 0.520. The van der Waals surface area contributed by atoms with Crippen molar-refractivity contribution in [1.82, 2.24) is 19.9 Å². The van der Waals surface area contributed by atoms with Crippen LogP contribution in [0.4, 0.5) is 11.6 Å². The predicted octanol–water partition coefficient (Wildman–Crippen LogP) is 3.85. The Balaban J connectivity index is 1.06. The Bertz CT molecular complexity index is 1130. The van der Waals surface area contributed by atoms with Crippen molar-refractivity contribution in [1.29, 1.82) is 0 Å². The van der Waals surface area contributed by atoms with Crippen LogP contribution in [-0.4, -0.2) is 65.0 Å². The van der Waals surface area contributed by atoms with Gasteiger partial charge in [-0.25, -0.2) is 15.0 Å². The van der Waals surface area contributed by atoms with Crippen molar-refractivity contribution in [2.75, 3.05) is 43.1 Å². The molecule has 0 spiro atoms. The predicted molar refractivity (Wildman–Crippen MR) is 133 cm³/mol. The molecule has 1 N–H and O–H groups in total. The van der Waals surface area contributed by atoms with Crippen LogP contribution < -0.4 is 19.7 Å². The van der Waals surface area contributed by atoms with E-state index in [9.17, 15) is 0 Å². The summed E-state index contributed by atoms with van der Waals surface area (Å²) in [6.07, 6.45) is 13.6. The van der Waals surface area contributed by atoms with Crippen molar-refractivity contribution >= 4 is 22.7 Å². The average molecular weight is 477 g/mol. The molecule has 2 aromatic heterocycles. The van der Waals surface area contributed by atoms with Gasteiger partial charge in [-0.1, -0.05) is 0 Å². The molecule has 9 heteroatoms. The Labute approximate surface area is 205 Å². The highest BCUT2D eigenvalue weighted by Crippen LogP contribution is 2.33. The number of morpholine rings is 1. The van der Waals surface area contributed by atoms with Crippen molar-refractivity contribution in [3.8, 4) is 11.5 Å². The van der Waals surface area contributed by atoms with Crippen molar-refractivity contribution in [2.24, 2.45) is 5.92 Å². The van der Waals surface area contributed by atoms with Gasteiger partial charge in [0.1, 0.15) is 11.3 Å². The molecule has 3 fully saturated rings. The number of nitrogens with one attached hydrogen (secondary N) is 1. The van der Waals surface area contributed by atoms with Crippen molar-refractivity contribution in [3.63, 3.8) is 0 Å². The number of fused-ring (bicyclic) bond motifs is 1. The maximum Gasteiger partial charge on any atom is 0.223 e.